The van der Waals surface area contributed by atoms with Gasteiger partial charge in [-0.2, -0.15) is 0 Å². The molecule has 0 radical (unpaired) electrons. The van der Waals surface area contributed by atoms with E-state index in [2.05, 4.69) is 5.32 Å². The van der Waals surface area contributed by atoms with Crippen LogP contribution in [0, 0.1) is 6.92 Å². The Morgan fingerprint density at radius 2 is 1.69 bits per heavy atom. The van der Waals surface area contributed by atoms with E-state index in [1.807, 2.05) is 20.8 Å². The summed E-state index contributed by atoms with van der Waals surface area (Å²) in [4.78, 5) is 37.6. The molecule has 0 aliphatic carbocycles. The van der Waals surface area contributed by atoms with E-state index >= 15 is 0 Å². The van der Waals surface area contributed by atoms with E-state index in [4.69, 9.17) is 5.11 Å². The van der Waals surface area contributed by atoms with E-state index in [1.54, 1.807) is 30.1 Å². The van der Waals surface area contributed by atoms with Crippen molar-refractivity contribution < 1.29 is 19.5 Å². The molecule has 0 atom stereocenters. The van der Waals surface area contributed by atoms with Gasteiger partial charge in [0, 0.05) is 29.9 Å². The van der Waals surface area contributed by atoms with Crippen LogP contribution in [0.2, 0.25) is 0 Å². The maximum Gasteiger partial charge on any atom is 0.335 e. The highest BCUT2D eigenvalue weighted by Crippen LogP contribution is 2.19. The molecule has 2 rings (SSSR count). The summed E-state index contributed by atoms with van der Waals surface area (Å²) in [5.41, 5.74) is 2.07. The van der Waals surface area contributed by atoms with Gasteiger partial charge in [0.05, 0.1) is 5.56 Å². The normalized spacial score (nSPS) is 10.5. The lowest BCUT2D eigenvalue weighted by Gasteiger charge is -2.22. The number of rotatable bonds is 5. The molecule has 0 aromatic heterocycles. The van der Waals surface area contributed by atoms with Gasteiger partial charge < -0.3 is 15.3 Å². The smallest absolute Gasteiger partial charge is 0.335 e. The Morgan fingerprint density at radius 3 is 2.31 bits per heavy atom. The molecule has 2 aromatic carbocycles. The molecule has 2 aromatic rings. The fourth-order valence-corrected chi connectivity index (χ4v) is 2.35. The van der Waals surface area contributed by atoms with Crippen molar-refractivity contribution in [2.45, 2.75) is 26.8 Å². The minimum atomic E-state index is -1.10. The lowest BCUT2D eigenvalue weighted by molar-refractivity contribution is 0.0695. The minimum absolute atomic E-state index is 0.0379. The van der Waals surface area contributed by atoms with Crippen LogP contribution >= 0.6 is 0 Å². The summed E-state index contributed by atoms with van der Waals surface area (Å²) in [5, 5.41) is 11.7. The third kappa shape index (κ3) is 4.27. The van der Waals surface area contributed by atoms with Crippen molar-refractivity contribution in [1.29, 1.82) is 0 Å². The topological polar surface area (TPSA) is 86.7 Å². The predicted octanol–water partition coefficient (Wildman–Crippen LogP) is 3.43. The summed E-state index contributed by atoms with van der Waals surface area (Å²) in [6.45, 7) is 5.69. The molecule has 0 aliphatic heterocycles. The van der Waals surface area contributed by atoms with Gasteiger partial charge in [0.15, 0.2) is 0 Å². The summed E-state index contributed by atoms with van der Waals surface area (Å²) in [7, 11) is 1.73. The number of carbonyl (C=O) groups excluding carboxylic acids is 2. The third-order valence-corrected chi connectivity index (χ3v) is 4.19. The summed E-state index contributed by atoms with van der Waals surface area (Å²) >= 11 is 0. The molecule has 6 nitrogen and oxygen atoms in total. The quantitative estimate of drug-likeness (QED) is 0.861. The van der Waals surface area contributed by atoms with Crippen molar-refractivity contribution in [3.63, 3.8) is 0 Å². The second-order valence-electron chi connectivity index (χ2n) is 6.38. The van der Waals surface area contributed by atoms with Gasteiger partial charge in [-0.15, -0.1) is 0 Å². The number of anilines is 1. The molecule has 0 saturated carbocycles. The van der Waals surface area contributed by atoms with Crippen molar-refractivity contribution in [2.75, 3.05) is 12.4 Å². The Kier molecular flexibility index (Phi) is 5.77. The number of aromatic carboxylic acids is 1. The second kappa shape index (κ2) is 7.82. The second-order valence-corrected chi connectivity index (χ2v) is 6.38. The van der Waals surface area contributed by atoms with Crippen molar-refractivity contribution in [3.05, 3.63) is 64.7 Å². The molecule has 0 fully saturated rings. The van der Waals surface area contributed by atoms with Gasteiger partial charge in [-0.3, -0.25) is 9.59 Å². The molecule has 6 heteroatoms. The van der Waals surface area contributed by atoms with Gasteiger partial charge in [0.2, 0.25) is 0 Å². The molecular formula is C20H22N2O4. The zero-order valence-corrected chi connectivity index (χ0v) is 15.2. The van der Waals surface area contributed by atoms with Crippen LogP contribution in [0.15, 0.2) is 42.5 Å². The molecule has 0 heterocycles. The van der Waals surface area contributed by atoms with Gasteiger partial charge >= 0.3 is 5.97 Å². The number of carboxylic acid groups (broad SMARTS) is 1. The van der Waals surface area contributed by atoms with Gasteiger partial charge in [-0.25, -0.2) is 4.79 Å². The molecule has 0 aliphatic rings. The summed E-state index contributed by atoms with van der Waals surface area (Å²) < 4.78 is 0. The molecule has 0 saturated heterocycles. The Morgan fingerprint density at radius 1 is 1.04 bits per heavy atom. The van der Waals surface area contributed by atoms with Gasteiger partial charge in [-0.1, -0.05) is 12.1 Å². The fraction of sp³-hybridized carbons (Fsp3) is 0.250. The standard InChI is InChI=1S/C20H22N2O4/c1-12(2)22(4)19(24)17-11-16(9-8-13(17)3)21-18(23)14-6-5-7-15(10-14)20(25)26/h5-12H,1-4H3,(H,21,23)(H,25,26). The van der Waals surface area contributed by atoms with Crippen LogP contribution in [0.1, 0.15) is 50.5 Å². The van der Waals surface area contributed by atoms with Crippen LogP contribution in [0.4, 0.5) is 5.69 Å². The van der Waals surface area contributed by atoms with Crippen LogP contribution in [-0.2, 0) is 0 Å². The Bertz CT molecular complexity index is 859. The Hall–Kier alpha value is -3.15. The number of amides is 2. The number of nitrogens with one attached hydrogen (secondary N) is 1. The van der Waals surface area contributed by atoms with E-state index in [0.29, 0.717) is 11.3 Å². The first-order valence-electron chi connectivity index (χ1n) is 8.23. The van der Waals surface area contributed by atoms with Crippen molar-refractivity contribution in [2.24, 2.45) is 0 Å². The monoisotopic (exact) mass is 354 g/mol. The molecule has 0 bridgehead atoms. The molecule has 26 heavy (non-hydrogen) atoms. The maximum atomic E-state index is 12.6. The van der Waals surface area contributed by atoms with Crippen molar-refractivity contribution in [3.8, 4) is 0 Å². The highest BCUT2D eigenvalue weighted by molar-refractivity contribution is 6.06. The minimum Gasteiger partial charge on any atom is -0.478 e. The Labute approximate surface area is 152 Å². The highest BCUT2D eigenvalue weighted by atomic mass is 16.4. The van der Waals surface area contributed by atoms with Gasteiger partial charge in [0.1, 0.15) is 0 Å². The zero-order chi connectivity index (χ0) is 19.4. The SMILES string of the molecule is Cc1ccc(NC(=O)c2cccc(C(=O)O)c2)cc1C(=O)N(C)C(C)C. The summed E-state index contributed by atoms with van der Waals surface area (Å²) in [6, 6.07) is 10.9. The number of carbonyl (C=O) groups is 3. The average molecular weight is 354 g/mol. The molecule has 0 spiro atoms. The fourth-order valence-electron chi connectivity index (χ4n) is 2.35. The van der Waals surface area contributed by atoms with Crippen molar-refractivity contribution in [1.82, 2.24) is 4.90 Å². The van der Waals surface area contributed by atoms with E-state index in [-0.39, 0.29) is 23.1 Å². The van der Waals surface area contributed by atoms with Gasteiger partial charge in [0.25, 0.3) is 11.8 Å². The van der Waals surface area contributed by atoms with Crippen LogP contribution in [0.25, 0.3) is 0 Å². The number of hydrogen-bond acceptors (Lipinski definition) is 3. The van der Waals surface area contributed by atoms with Crippen LogP contribution in [-0.4, -0.2) is 40.9 Å². The number of carboxylic acids is 1. The predicted molar refractivity (Wildman–Crippen MR) is 99.8 cm³/mol. The number of hydrogen-bond donors (Lipinski definition) is 2. The first kappa shape index (κ1) is 19.2. The molecule has 2 N–H and O–H groups in total. The molecule has 0 unspecified atom stereocenters. The van der Waals surface area contributed by atoms with E-state index in [1.165, 1.54) is 24.3 Å². The van der Waals surface area contributed by atoms with Crippen LogP contribution in [0.5, 0.6) is 0 Å². The highest BCUT2D eigenvalue weighted by Gasteiger charge is 2.18. The lowest BCUT2D eigenvalue weighted by Crippen LogP contribution is -2.33. The molecular weight excluding hydrogens is 332 g/mol. The number of aryl methyl sites for hydroxylation is 1. The zero-order valence-electron chi connectivity index (χ0n) is 15.2. The number of nitrogens with zero attached hydrogens (tertiary/aromatic N) is 1. The lowest BCUT2D eigenvalue weighted by atomic mass is 10.1. The largest absolute Gasteiger partial charge is 0.478 e. The van der Waals surface area contributed by atoms with E-state index in [0.717, 1.165) is 5.56 Å². The summed E-state index contributed by atoms with van der Waals surface area (Å²) in [6.07, 6.45) is 0. The van der Waals surface area contributed by atoms with Crippen LogP contribution in [0.3, 0.4) is 0 Å². The molecule has 136 valence electrons. The van der Waals surface area contributed by atoms with Crippen molar-refractivity contribution >= 4 is 23.5 Å². The van der Waals surface area contributed by atoms with Crippen LogP contribution < -0.4 is 5.32 Å². The first-order valence-corrected chi connectivity index (χ1v) is 8.23. The number of benzene rings is 2. The average Bonchev–Trinajstić information content (AvgIpc) is 2.62. The maximum absolute atomic E-state index is 12.6. The molecule has 2 amide bonds. The van der Waals surface area contributed by atoms with E-state index < -0.39 is 11.9 Å². The Balaban J connectivity index is 2.26. The van der Waals surface area contributed by atoms with Gasteiger partial charge in [-0.05, 0) is 56.7 Å². The third-order valence-electron chi connectivity index (χ3n) is 4.19. The first-order chi connectivity index (χ1) is 12.2. The van der Waals surface area contributed by atoms with E-state index in [9.17, 15) is 14.4 Å². The summed E-state index contributed by atoms with van der Waals surface area (Å²) in [5.74, 6) is -1.66.